The number of hydrogen-bond donors (Lipinski definition) is 0. The molecule has 0 bridgehead atoms. The molecule has 1 aromatic carbocycles. The van der Waals surface area contributed by atoms with Crippen LogP contribution in [0, 0.1) is 0 Å². The SMILES string of the molecule is CC(C)c1nsc(N2CCC(Oc3cccc(Br)c3)CC2)n1. The molecule has 3 rings (SSSR count). The summed E-state index contributed by atoms with van der Waals surface area (Å²) in [5, 5.41) is 1.05. The first kappa shape index (κ1) is 15.7. The molecule has 0 aliphatic carbocycles. The highest BCUT2D eigenvalue weighted by atomic mass is 79.9. The van der Waals surface area contributed by atoms with Gasteiger partial charge in [0.2, 0.25) is 5.13 Å². The van der Waals surface area contributed by atoms with Gasteiger partial charge in [0, 0.05) is 47.9 Å². The van der Waals surface area contributed by atoms with Gasteiger partial charge in [-0.15, -0.1) is 0 Å². The third-order valence-corrected chi connectivity index (χ3v) is 5.04. The Bertz CT molecular complexity index is 623. The number of hydrogen-bond acceptors (Lipinski definition) is 5. The van der Waals surface area contributed by atoms with Crippen LogP contribution in [0.1, 0.15) is 38.4 Å². The van der Waals surface area contributed by atoms with Crippen LogP contribution in [-0.4, -0.2) is 28.6 Å². The molecule has 0 saturated carbocycles. The van der Waals surface area contributed by atoms with Crippen molar-refractivity contribution < 1.29 is 4.74 Å². The van der Waals surface area contributed by atoms with Crippen LogP contribution in [0.2, 0.25) is 0 Å². The number of piperidine rings is 1. The zero-order valence-electron chi connectivity index (χ0n) is 12.8. The van der Waals surface area contributed by atoms with Crippen LogP contribution in [0.5, 0.6) is 5.75 Å². The van der Waals surface area contributed by atoms with Crippen LogP contribution in [-0.2, 0) is 0 Å². The number of benzene rings is 1. The van der Waals surface area contributed by atoms with Gasteiger partial charge in [-0.2, -0.15) is 4.37 Å². The van der Waals surface area contributed by atoms with Crippen LogP contribution in [0.15, 0.2) is 28.7 Å². The van der Waals surface area contributed by atoms with E-state index in [0.29, 0.717) is 5.92 Å². The first-order chi connectivity index (χ1) is 10.6. The molecule has 0 spiro atoms. The first-order valence-corrected chi connectivity index (χ1v) is 9.19. The Balaban J connectivity index is 1.55. The van der Waals surface area contributed by atoms with Crippen molar-refractivity contribution in [2.24, 2.45) is 0 Å². The largest absolute Gasteiger partial charge is 0.490 e. The number of aromatic nitrogens is 2. The molecular weight excluding hydrogens is 362 g/mol. The monoisotopic (exact) mass is 381 g/mol. The van der Waals surface area contributed by atoms with Crippen LogP contribution in [0.4, 0.5) is 5.13 Å². The normalized spacial score (nSPS) is 16.3. The number of nitrogens with zero attached hydrogens (tertiary/aromatic N) is 3. The van der Waals surface area contributed by atoms with Crippen LogP contribution in [0.25, 0.3) is 0 Å². The summed E-state index contributed by atoms with van der Waals surface area (Å²) in [6.07, 6.45) is 2.31. The van der Waals surface area contributed by atoms with E-state index < -0.39 is 0 Å². The molecule has 1 fully saturated rings. The number of halogens is 1. The van der Waals surface area contributed by atoms with Gasteiger partial charge in [-0.1, -0.05) is 35.8 Å². The molecule has 2 aromatic rings. The van der Waals surface area contributed by atoms with Crippen LogP contribution >= 0.6 is 27.5 Å². The summed E-state index contributed by atoms with van der Waals surface area (Å²) >= 11 is 4.99. The van der Waals surface area contributed by atoms with Crippen molar-refractivity contribution in [3.8, 4) is 5.75 Å². The molecule has 118 valence electrons. The molecule has 4 nitrogen and oxygen atoms in total. The van der Waals surface area contributed by atoms with Crippen molar-refractivity contribution in [2.45, 2.75) is 38.7 Å². The maximum atomic E-state index is 6.07. The molecule has 1 aromatic heterocycles. The lowest BCUT2D eigenvalue weighted by Crippen LogP contribution is -2.38. The van der Waals surface area contributed by atoms with Gasteiger partial charge in [-0.05, 0) is 18.2 Å². The Labute approximate surface area is 143 Å². The smallest absolute Gasteiger partial charge is 0.205 e. The van der Waals surface area contributed by atoms with Gasteiger partial charge >= 0.3 is 0 Å². The maximum absolute atomic E-state index is 6.07. The van der Waals surface area contributed by atoms with Crippen molar-refractivity contribution in [2.75, 3.05) is 18.0 Å². The second kappa shape index (κ2) is 6.96. The lowest BCUT2D eigenvalue weighted by Gasteiger charge is -2.31. The lowest BCUT2D eigenvalue weighted by atomic mass is 10.1. The fourth-order valence-corrected chi connectivity index (χ4v) is 3.72. The Hall–Kier alpha value is -1.14. The summed E-state index contributed by atoms with van der Waals surface area (Å²) in [5.41, 5.74) is 0. The van der Waals surface area contributed by atoms with E-state index in [1.54, 1.807) is 0 Å². The minimum absolute atomic E-state index is 0.281. The summed E-state index contributed by atoms with van der Waals surface area (Å²) in [6.45, 7) is 6.21. The van der Waals surface area contributed by atoms with E-state index in [1.165, 1.54) is 11.5 Å². The van der Waals surface area contributed by atoms with E-state index in [4.69, 9.17) is 4.74 Å². The van der Waals surface area contributed by atoms with Crippen molar-refractivity contribution in [1.29, 1.82) is 0 Å². The Morgan fingerprint density at radius 3 is 2.73 bits per heavy atom. The first-order valence-electron chi connectivity index (χ1n) is 7.62. The molecule has 22 heavy (non-hydrogen) atoms. The summed E-state index contributed by atoms with van der Waals surface area (Å²) in [6, 6.07) is 8.04. The minimum atomic E-state index is 0.281. The molecule has 0 N–H and O–H groups in total. The van der Waals surface area contributed by atoms with Gasteiger partial charge in [0.15, 0.2) is 0 Å². The van der Waals surface area contributed by atoms with Crippen LogP contribution < -0.4 is 9.64 Å². The second-order valence-corrected chi connectivity index (χ2v) is 7.50. The van der Waals surface area contributed by atoms with E-state index in [9.17, 15) is 0 Å². The predicted molar refractivity (Wildman–Crippen MR) is 94.0 cm³/mol. The quantitative estimate of drug-likeness (QED) is 0.782. The fourth-order valence-electron chi connectivity index (χ4n) is 2.49. The summed E-state index contributed by atoms with van der Waals surface area (Å²) in [5.74, 6) is 2.28. The molecule has 1 aliphatic heterocycles. The minimum Gasteiger partial charge on any atom is -0.490 e. The Morgan fingerprint density at radius 1 is 1.32 bits per heavy atom. The highest BCUT2D eigenvalue weighted by Gasteiger charge is 2.23. The van der Waals surface area contributed by atoms with Gasteiger partial charge in [-0.3, -0.25) is 0 Å². The average molecular weight is 382 g/mol. The highest BCUT2D eigenvalue weighted by Crippen LogP contribution is 2.27. The van der Waals surface area contributed by atoms with Crippen molar-refractivity contribution in [3.63, 3.8) is 0 Å². The average Bonchev–Trinajstić information content (AvgIpc) is 2.98. The molecule has 2 heterocycles. The Kier molecular flexibility index (Phi) is 4.98. The summed E-state index contributed by atoms with van der Waals surface area (Å²) in [4.78, 5) is 6.96. The van der Waals surface area contributed by atoms with Crippen LogP contribution in [0.3, 0.4) is 0 Å². The lowest BCUT2D eigenvalue weighted by molar-refractivity contribution is 0.171. The van der Waals surface area contributed by atoms with Gasteiger partial charge < -0.3 is 9.64 Å². The van der Waals surface area contributed by atoms with E-state index in [2.05, 4.69) is 44.0 Å². The van der Waals surface area contributed by atoms with Gasteiger partial charge in [0.05, 0.1) is 0 Å². The number of anilines is 1. The highest BCUT2D eigenvalue weighted by molar-refractivity contribution is 9.10. The topological polar surface area (TPSA) is 38.2 Å². The number of ether oxygens (including phenoxy) is 1. The van der Waals surface area contributed by atoms with E-state index in [-0.39, 0.29) is 6.10 Å². The third kappa shape index (κ3) is 3.79. The zero-order chi connectivity index (χ0) is 15.5. The predicted octanol–water partition coefficient (Wildman–Crippen LogP) is 4.47. The van der Waals surface area contributed by atoms with Crippen molar-refractivity contribution >= 4 is 32.6 Å². The fraction of sp³-hybridized carbons (Fsp3) is 0.500. The van der Waals surface area contributed by atoms with Crippen molar-refractivity contribution in [3.05, 3.63) is 34.6 Å². The molecule has 0 radical (unpaired) electrons. The summed E-state index contributed by atoms with van der Waals surface area (Å²) in [7, 11) is 0. The van der Waals surface area contributed by atoms with E-state index in [0.717, 1.165) is 47.1 Å². The third-order valence-electron chi connectivity index (χ3n) is 3.76. The summed E-state index contributed by atoms with van der Waals surface area (Å²) < 4.78 is 11.6. The molecule has 6 heteroatoms. The molecule has 1 saturated heterocycles. The number of rotatable bonds is 4. The zero-order valence-corrected chi connectivity index (χ0v) is 15.2. The standard InChI is InChI=1S/C16H20BrN3OS/c1-11(2)15-18-16(22-19-15)20-8-6-13(7-9-20)21-14-5-3-4-12(17)10-14/h3-5,10-11,13H,6-9H2,1-2H3. The second-order valence-electron chi connectivity index (χ2n) is 5.85. The molecule has 1 aliphatic rings. The molecule has 0 amide bonds. The van der Waals surface area contributed by atoms with Gasteiger partial charge in [-0.25, -0.2) is 4.98 Å². The molecule has 0 unspecified atom stereocenters. The Morgan fingerprint density at radius 2 is 2.09 bits per heavy atom. The van der Waals surface area contributed by atoms with E-state index >= 15 is 0 Å². The van der Waals surface area contributed by atoms with Gasteiger partial charge in [0.25, 0.3) is 0 Å². The van der Waals surface area contributed by atoms with E-state index in [1.807, 2.05) is 24.3 Å². The molecule has 0 atom stereocenters. The van der Waals surface area contributed by atoms with Gasteiger partial charge in [0.1, 0.15) is 17.7 Å². The van der Waals surface area contributed by atoms with Crippen molar-refractivity contribution in [1.82, 2.24) is 9.36 Å². The molecular formula is C16H20BrN3OS. The maximum Gasteiger partial charge on any atom is 0.205 e.